The summed E-state index contributed by atoms with van der Waals surface area (Å²) in [5.74, 6) is 1.23. The monoisotopic (exact) mass is 337 g/mol. The van der Waals surface area contributed by atoms with E-state index >= 15 is 0 Å². The van der Waals surface area contributed by atoms with Gasteiger partial charge in [-0.15, -0.1) is 0 Å². The molecule has 0 radical (unpaired) electrons. The van der Waals surface area contributed by atoms with Gasteiger partial charge in [-0.1, -0.05) is 39.0 Å². The number of ether oxygens (including phenoxy) is 1. The maximum Gasteiger partial charge on any atom is 0.225 e. The molecule has 4 nitrogen and oxygen atoms in total. The van der Waals surface area contributed by atoms with Gasteiger partial charge in [0.2, 0.25) is 5.91 Å². The first-order valence-corrected chi connectivity index (χ1v) is 10.1. The highest BCUT2D eigenvalue weighted by atomic mass is 16.5. The molecule has 0 aromatic carbocycles. The first-order valence-electron chi connectivity index (χ1n) is 10.1. The number of hydrogen-bond donors (Lipinski definition) is 1. The van der Waals surface area contributed by atoms with Gasteiger partial charge in [-0.3, -0.25) is 4.79 Å². The van der Waals surface area contributed by atoms with Crippen LogP contribution in [0.3, 0.4) is 0 Å². The van der Waals surface area contributed by atoms with E-state index in [-0.39, 0.29) is 23.5 Å². The third-order valence-electron chi connectivity index (χ3n) is 6.95. The Morgan fingerprint density at radius 3 is 2.50 bits per heavy atom. The van der Waals surface area contributed by atoms with E-state index in [0.29, 0.717) is 12.5 Å². The van der Waals surface area contributed by atoms with Gasteiger partial charge in [-0.2, -0.15) is 0 Å². The first-order chi connectivity index (χ1) is 11.6. The van der Waals surface area contributed by atoms with Crippen LogP contribution in [0, 0.1) is 17.3 Å². The quantitative estimate of drug-likeness (QED) is 0.837. The normalized spacial score (nSPS) is 31.7. The van der Waals surface area contributed by atoms with E-state index in [2.05, 4.69) is 6.92 Å². The number of carbonyl (C=O) groups is 1. The van der Waals surface area contributed by atoms with Gasteiger partial charge in [-0.05, 0) is 32.1 Å². The van der Waals surface area contributed by atoms with Crippen molar-refractivity contribution in [3.8, 4) is 0 Å². The molecule has 1 aliphatic heterocycles. The molecule has 4 heteroatoms. The summed E-state index contributed by atoms with van der Waals surface area (Å²) in [6.45, 7) is 6.41. The molecule has 0 aromatic heterocycles. The lowest BCUT2D eigenvalue weighted by molar-refractivity contribution is -0.210. The zero-order chi connectivity index (χ0) is 17.2. The summed E-state index contributed by atoms with van der Waals surface area (Å²) in [5.41, 5.74) is -0.0839. The Labute approximate surface area is 146 Å². The summed E-state index contributed by atoms with van der Waals surface area (Å²) in [7, 11) is 0. The third kappa shape index (κ3) is 3.50. The van der Waals surface area contributed by atoms with E-state index < -0.39 is 0 Å². The summed E-state index contributed by atoms with van der Waals surface area (Å²) >= 11 is 0. The lowest BCUT2D eigenvalue weighted by Gasteiger charge is -2.56. The molecule has 1 spiro atoms. The predicted molar refractivity (Wildman–Crippen MR) is 94.6 cm³/mol. The Morgan fingerprint density at radius 2 is 1.92 bits per heavy atom. The molecule has 2 aliphatic carbocycles. The lowest BCUT2D eigenvalue weighted by Crippen LogP contribution is -2.63. The van der Waals surface area contributed by atoms with Crippen molar-refractivity contribution in [2.45, 2.75) is 83.8 Å². The minimum Gasteiger partial charge on any atom is -0.392 e. The second-order valence-electron chi connectivity index (χ2n) is 8.39. The maximum absolute atomic E-state index is 12.8. The van der Waals surface area contributed by atoms with Crippen molar-refractivity contribution in [2.24, 2.45) is 17.3 Å². The summed E-state index contributed by atoms with van der Waals surface area (Å²) in [5, 5.41) is 10.3. The zero-order valence-corrected chi connectivity index (χ0v) is 15.5. The predicted octanol–water partition coefficient (Wildman–Crippen LogP) is 3.37. The molecule has 3 atom stereocenters. The van der Waals surface area contributed by atoms with Gasteiger partial charge in [0, 0.05) is 37.5 Å². The highest BCUT2D eigenvalue weighted by Gasteiger charge is 2.56. The highest BCUT2D eigenvalue weighted by Crippen LogP contribution is 2.51. The van der Waals surface area contributed by atoms with Gasteiger partial charge in [0.25, 0.3) is 0 Å². The number of nitrogens with zero attached hydrogens (tertiary/aromatic N) is 1. The maximum atomic E-state index is 12.8. The van der Waals surface area contributed by atoms with Crippen molar-refractivity contribution in [1.29, 1.82) is 0 Å². The molecule has 0 aromatic rings. The van der Waals surface area contributed by atoms with Crippen molar-refractivity contribution in [1.82, 2.24) is 4.90 Å². The molecule has 3 fully saturated rings. The van der Waals surface area contributed by atoms with Crippen LogP contribution in [0.1, 0.15) is 71.6 Å². The van der Waals surface area contributed by atoms with Crippen molar-refractivity contribution >= 4 is 5.91 Å². The summed E-state index contributed by atoms with van der Waals surface area (Å²) in [4.78, 5) is 14.9. The van der Waals surface area contributed by atoms with E-state index in [4.69, 9.17) is 4.74 Å². The van der Waals surface area contributed by atoms with Crippen molar-refractivity contribution in [2.75, 3.05) is 19.7 Å². The molecule has 24 heavy (non-hydrogen) atoms. The number of aliphatic hydroxyl groups is 1. The van der Waals surface area contributed by atoms with Crippen LogP contribution in [0.2, 0.25) is 0 Å². The van der Waals surface area contributed by atoms with Gasteiger partial charge in [0.1, 0.15) is 0 Å². The van der Waals surface area contributed by atoms with Gasteiger partial charge in [0.15, 0.2) is 0 Å². The second kappa shape index (κ2) is 7.74. The largest absolute Gasteiger partial charge is 0.392 e. The Balaban J connectivity index is 1.49. The Hall–Kier alpha value is -0.610. The summed E-state index contributed by atoms with van der Waals surface area (Å²) in [6, 6.07) is 0. The fraction of sp³-hybridized carbons (Fsp3) is 0.950. The van der Waals surface area contributed by atoms with Crippen molar-refractivity contribution in [3.63, 3.8) is 0 Å². The SMILES string of the molecule is CCOC1CC(O)C12CCN(C(=O)C(C)CC1CCCCC1)CC2. The number of piperidine rings is 1. The molecular formula is C20H35NO3. The van der Waals surface area contributed by atoms with E-state index in [1.165, 1.54) is 32.1 Å². The molecule has 1 saturated heterocycles. The molecule has 1 amide bonds. The van der Waals surface area contributed by atoms with Crippen LogP contribution in [0.25, 0.3) is 0 Å². The van der Waals surface area contributed by atoms with Crippen molar-refractivity contribution in [3.05, 3.63) is 0 Å². The van der Waals surface area contributed by atoms with Crippen LogP contribution in [0.15, 0.2) is 0 Å². The topological polar surface area (TPSA) is 49.8 Å². The summed E-state index contributed by atoms with van der Waals surface area (Å²) < 4.78 is 5.82. The Bertz CT molecular complexity index is 423. The number of rotatable bonds is 5. The van der Waals surface area contributed by atoms with Crippen LogP contribution < -0.4 is 0 Å². The van der Waals surface area contributed by atoms with Crippen LogP contribution >= 0.6 is 0 Å². The number of aliphatic hydroxyl groups excluding tert-OH is 1. The number of amides is 1. The lowest BCUT2D eigenvalue weighted by atomic mass is 9.58. The molecule has 3 aliphatic rings. The zero-order valence-electron chi connectivity index (χ0n) is 15.5. The fourth-order valence-electron chi connectivity index (χ4n) is 5.30. The molecular weight excluding hydrogens is 302 g/mol. The molecule has 2 saturated carbocycles. The number of hydrogen-bond acceptors (Lipinski definition) is 3. The molecule has 0 bridgehead atoms. The van der Waals surface area contributed by atoms with Crippen LogP contribution in [0.4, 0.5) is 0 Å². The molecule has 1 N–H and O–H groups in total. The average Bonchev–Trinajstić information content (AvgIpc) is 2.62. The smallest absolute Gasteiger partial charge is 0.225 e. The Morgan fingerprint density at radius 1 is 1.25 bits per heavy atom. The van der Waals surface area contributed by atoms with E-state index in [9.17, 15) is 9.90 Å². The minimum absolute atomic E-state index is 0.0839. The van der Waals surface area contributed by atoms with Crippen LogP contribution in [-0.4, -0.2) is 47.8 Å². The third-order valence-corrected chi connectivity index (χ3v) is 6.95. The molecule has 3 rings (SSSR count). The average molecular weight is 338 g/mol. The number of carbonyl (C=O) groups excluding carboxylic acids is 1. The van der Waals surface area contributed by atoms with E-state index in [1.54, 1.807) is 0 Å². The second-order valence-corrected chi connectivity index (χ2v) is 8.39. The van der Waals surface area contributed by atoms with E-state index in [1.807, 2.05) is 11.8 Å². The van der Waals surface area contributed by atoms with Gasteiger partial charge < -0.3 is 14.7 Å². The highest BCUT2D eigenvalue weighted by molar-refractivity contribution is 5.78. The molecule has 3 unspecified atom stereocenters. The fourth-order valence-corrected chi connectivity index (χ4v) is 5.30. The first kappa shape index (κ1) is 18.2. The van der Waals surface area contributed by atoms with Crippen LogP contribution in [0.5, 0.6) is 0 Å². The van der Waals surface area contributed by atoms with Crippen molar-refractivity contribution < 1.29 is 14.6 Å². The van der Waals surface area contributed by atoms with E-state index in [0.717, 1.165) is 44.7 Å². The van der Waals surface area contributed by atoms with Gasteiger partial charge in [0.05, 0.1) is 12.2 Å². The minimum atomic E-state index is -0.244. The Kier molecular flexibility index (Phi) is 5.86. The molecule has 138 valence electrons. The van der Waals surface area contributed by atoms with Gasteiger partial charge in [-0.25, -0.2) is 0 Å². The summed E-state index contributed by atoms with van der Waals surface area (Å²) in [6.07, 6.45) is 10.2. The molecule has 1 heterocycles. The standard InChI is InChI=1S/C20H35NO3/c1-3-24-18-14-17(22)20(18)9-11-21(12-10-20)19(23)15(2)13-16-7-5-4-6-8-16/h15-18,22H,3-14H2,1-2H3. The van der Waals surface area contributed by atoms with Gasteiger partial charge >= 0.3 is 0 Å². The van der Waals surface area contributed by atoms with Crippen LogP contribution in [-0.2, 0) is 9.53 Å². The number of likely N-dealkylation sites (tertiary alicyclic amines) is 1.